The van der Waals surface area contributed by atoms with E-state index in [1.165, 1.54) is 6.42 Å². The first-order valence-electron chi connectivity index (χ1n) is 4.85. The van der Waals surface area contributed by atoms with Crippen molar-refractivity contribution in [2.45, 2.75) is 38.8 Å². The van der Waals surface area contributed by atoms with E-state index in [9.17, 15) is 4.79 Å². The number of amides is 1. The lowest BCUT2D eigenvalue weighted by Crippen LogP contribution is -2.45. The summed E-state index contributed by atoms with van der Waals surface area (Å²) >= 11 is 0. The number of nitrogens with zero attached hydrogens (tertiary/aromatic N) is 1. The molecule has 1 amide bonds. The minimum absolute atomic E-state index is 0.00870. The van der Waals surface area contributed by atoms with Crippen LogP contribution in [0.25, 0.3) is 0 Å². The fourth-order valence-corrected chi connectivity index (χ4v) is 1.63. The molecule has 1 aliphatic heterocycles. The summed E-state index contributed by atoms with van der Waals surface area (Å²) in [5.74, 6) is 0.00870. The Morgan fingerprint density at radius 1 is 1.46 bits per heavy atom. The van der Waals surface area contributed by atoms with E-state index in [1.54, 1.807) is 11.8 Å². The highest BCUT2D eigenvalue weighted by molar-refractivity contribution is 5.92. The van der Waals surface area contributed by atoms with Crippen molar-refractivity contribution in [3.63, 3.8) is 0 Å². The molecule has 1 heterocycles. The molecule has 0 saturated carbocycles. The van der Waals surface area contributed by atoms with Crippen LogP contribution in [0.15, 0.2) is 12.2 Å². The molecule has 0 aliphatic carbocycles. The lowest BCUT2D eigenvalue weighted by atomic mass is 10.2. The van der Waals surface area contributed by atoms with Gasteiger partial charge in [-0.25, -0.2) is 0 Å². The molecule has 0 aromatic carbocycles. The number of likely N-dealkylation sites (tertiary alicyclic amines) is 1. The Morgan fingerprint density at radius 2 is 2.15 bits per heavy atom. The Balaban J connectivity index is 2.64. The van der Waals surface area contributed by atoms with Gasteiger partial charge in [0.15, 0.2) is 0 Å². The summed E-state index contributed by atoms with van der Waals surface area (Å²) in [7, 11) is 0. The van der Waals surface area contributed by atoms with Crippen LogP contribution in [0, 0.1) is 0 Å². The van der Waals surface area contributed by atoms with Gasteiger partial charge in [-0.1, -0.05) is 13.0 Å². The van der Waals surface area contributed by atoms with Crippen molar-refractivity contribution >= 4 is 5.91 Å². The summed E-state index contributed by atoms with van der Waals surface area (Å²) < 4.78 is 0. The Bertz CT molecular complexity index is 213. The second-order valence-electron chi connectivity index (χ2n) is 3.70. The third kappa shape index (κ3) is 2.56. The quantitative estimate of drug-likeness (QED) is 0.620. The third-order valence-electron chi connectivity index (χ3n) is 2.43. The molecule has 1 saturated heterocycles. The predicted molar refractivity (Wildman–Crippen MR) is 53.0 cm³/mol. The molecule has 13 heavy (non-hydrogen) atoms. The zero-order chi connectivity index (χ0) is 9.84. The van der Waals surface area contributed by atoms with Crippen molar-refractivity contribution in [1.82, 2.24) is 4.90 Å². The van der Waals surface area contributed by atoms with E-state index in [0.29, 0.717) is 5.57 Å². The van der Waals surface area contributed by atoms with Crippen LogP contribution in [-0.4, -0.2) is 23.5 Å². The Labute approximate surface area is 79.6 Å². The van der Waals surface area contributed by atoms with Gasteiger partial charge in [0.2, 0.25) is 5.91 Å². The van der Waals surface area contributed by atoms with Crippen LogP contribution < -0.4 is 5.73 Å². The minimum atomic E-state index is -0.105. The number of rotatable bonds is 1. The van der Waals surface area contributed by atoms with E-state index >= 15 is 0 Å². The van der Waals surface area contributed by atoms with E-state index in [4.69, 9.17) is 5.73 Å². The van der Waals surface area contributed by atoms with Crippen molar-refractivity contribution in [2.24, 2.45) is 5.73 Å². The number of nitrogens with two attached hydrogens (primary N) is 1. The van der Waals surface area contributed by atoms with Crippen LogP contribution in [0.2, 0.25) is 0 Å². The molecule has 2 N–H and O–H groups in total. The Kier molecular flexibility index (Phi) is 3.48. The second kappa shape index (κ2) is 4.42. The first kappa shape index (κ1) is 10.3. The van der Waals surface area contributed by atoms with Crippen LogP contribution in [0.5, 0.6) is 0 Å². The van der Waals surface area contributed by atoms with Crippen LogP contribution in [0.4, 0.5) is 0 Å². The van der Waals surface area contributed by atoms with Gasteiger partial charge in [0.1, 0.15) is 0 Å². The van der Waals surface area contributed by atoms with Gasteiger partial charge >= 0.3 is 0 Å². The molecule has 0 aromatic rings. The molecule has 0 bridgehead atoms. The van der Waals surface area contributed by atoms with Gasteiger partial charge in [0, 0.05) is 12.1 Å². The Morgan fingerprint density at radius 3 is 2.77 bits per heavy atom. The summed E-state index contributed by atoms with van der Waals surface area (Å²) in [5, 5.41) is 0. The van der Waals surface area contributed by atoms with Gasteiger partial charge in [0.25, 0.3) is 0 Å². The highest BCUT2D eigenvalue weighted by Crippen LogP contribution is 2.15. The van der Waals surface area contributed by atoms with E-state index in [1.807, 2.05) is 0 Å². The van der Waals surface area contributed by atoms with Crippen LogP contribution >= 0.6 is 0 Å². The van der Waals surface area contributed by atoms with Crippen molar-refractivity contribution in [2.75, 3.05) is 6.54 Å². The fourth-order valence-electron chi connectivity index (χ4n) is 1.63. The highest BCUT2D eigenvalue weighted by Gasteiger charge is 2.22. The topological polar surface area (TPSA) is 46.3 Å². The minimum Gasteiger partial charge on any atom is -0.324 e. The number of hydrogen-bond acceptors (Lipinski definition) is 2. The molecule has 1 rings (SSSR count). The average molecular weight is 182 g/mol. The molecule has 0 spiro atoms. The molecule has 1 aliphatic rings. The molecule has 3 heteroatoms. The molecule has 74 valence electrons. The number of hydrogen-bond donors (Lipinski definition) is 1. The molecular formula is C10H18N2O. The number of carbonyl (C=O) groups excluding carboxylic acids is 1. The molecule has 0 radical (unpaired) electrons. The monoisotopic (exact) mass is 182 g/mol. The maximum atomic E-state index is 11.6. The normalized spacial score (nSPS) is 23.8. The maximum absolute atomic E-state index is 11.6. The lowest BCUT2D eigenvalue weighted by Gasteiger charge is -2.26. The molecule has 0 aromatic heterocycles. The van der Waals surface area contributed by atoms with E-state index in [2.05, 4.69) is 6.58 Å². The standard InChI is InChI=1S/C10H18N2O/c1-8(2)10(13)12-7-5-3-4-6-9(12)11/h9H,1,3-7,11H2,2H3. The van der Waals surface area contributed by atoms with Crippen molar-refractivity contribution in [3.8, 4) is 0 Å². The molecule has 3 nitrogen and oxygen atoms in total. The third-order valence-corrected chi connectivity index (χ3v) is 2.43. The summed E-state index contributed by atoms with van der Waals surface area (Å²) in [6, 6.07) is 0. The molecule has 1 fully saturated rings. The average Bonchev–Trinajstić information content (AvgIpc) is 2.28. The first-order valence-corrected chi connectivity index (χ1v) is 4.85. The van der Waals surface area contributed by atoms with Gasteiger partial charge in [0.05, 0.1) is 6.17 Å². The molecule has 1 atom stereocenters. The van der Waals surface area contributed by atoms with E-state index in [0.717, 1.165) is 25.8 Å². The number of carbonyl (C=O) groups is 1. The van der Waals surface area contributed by atoms with E-state index < -0.39 is 0 Å². The van der Waals surface area contributed by atoms with Gasteiger partial charge in [-0.3, -0.25) is 4.79 Å². The highest BCUT2D eigenvalue weighted by atomic mass is 16.2. The maximum Gasteiger partial charge on any atom is 0.250 e. The largest absolute Gasteiger partial charge is 0.324 e. The van der Waals surface area contributed by atoms with Crippen LogP contribution in [0.3, 0.4) is 0 Å². The van der Waals surface area contributed by atoms with Crippen molar-refractivity contribution in [1.29, 1.82) is 0 Å². The van der Waals surface area contributed by atoms with Crippen molar-refractivity contribution < 1.29 is 4.79 Å². The van der Waals surface area contributed by atoms with Crippen molar-refractivity contribution in [3.05, 3.63) is 12.2 Å². The molecular weight excluding hydrogens is 164 g/mol. The summed E-state index contributed by atoms with van der Waals surface area (Å²) in [6.07, 6.45) is 4.17. The van der Waals surface area contributed by atoms with E-state index in [-0.39, 0.29) is 12.1 Å². The zero-order valence-corrected chi connectivity index (χ0v) is 8.25. The smallest absolute Gasteiger partial charge is 0.250 e. The van der Waals surface area contributed by atoms with Gasteiger partial charge in [-0.15, -0.1) is 0 Å². The fraction of sp³-hybridized carbons (Fsp3) is 0.700. The SMILES string of the molecule is C=C(C)C(=O)N1CCCCCC1N. The summed E-state index contributed by atoms with van der Waals surface area (Å²) in [4.78, 5) is 13.4. The summed E-state index contributed by atoms with van der Waals surface area (Å²) in [6.45, 7) is 6.17. The molecule has 1 unspecified atom stereocenters. The van der Waals surface area contributed by atoms with Crippen LogP contribution in [0.1, 0.15) is 32.6 Å². The van der Waals surface area contributed by atoms with Gasteiger partial charge in [-0.05, 0) is 26.2 Å². The zero-order valence-electron chi connectivity index (χ0n) is 8.25. The van der Waals surface area contributed by atoms with Crippen LogP contribution in [-0.2, 0) is 4.79 Å². The lowest BCUT2D eigenvalue weighted by molar-refractivity contribution is -0.129. The Hall–Kier alpha value is -0.830. The van der Waals surface area contributed by atoms with Gasteiger partial charge in [-0.2, -0.15) is 0 Å². The predicted octanol–water partition coefficient (Wildman–Crippen LogP) is 1.25. The summed E-state index contributed by atoms with van der Waals surface area (Å²) in [5.41, 5.74) is 6.46. The van der Waals surface area contributed by atoms with Gasteiger partial charge < -0.3 is 10.6 Å². The second-order valence-corrected chi connectivity index (χ2v) is 3.70. The first-order chi connectivity index (χ1) is 6.13.